The minimum absolute atomic E-state index is 0.0331. The number of hydrogen-bond acceptors (Lipinski definition) is 3. The molecule has 0 spiro atoms. The average Bonchev–Trinajstić information content (AvgIpc) is 2.66. The van der Waals surface area contributed by atoms with Crippen molar-refractivity contribution in [3.8, 4) is 0 Å². The van der Waals surface area contributed by atoms with Crippen LogP contribution in [0.15, 0.2) is 48.5 Å². The number of nitrogens with one attached hydrogen (secondary N) is 1. The number of carbonyl (C=O) groups excluding carboxylic acids is 1. The smallest absolute Gasteiger partial charge is 0.237 e. The van der Waals surface area contributed by atoms with E-state index >= 15 is 0 Å². The molecule has 1 fully saturated rings. The number of nitrogens with zero attached hydrogens (tertiary/aromatic N) is 2. The fraction of sp³-hybridized carbons (Fsp3) is 0.350. The summed E-state index contributed by atoms with van der Waals surface area (Å²) in [5.74, 6) is -0.322. The summed E-state index contributed by atoms with van der Waals surface area (Å²) in [7, 11) is 0. The Morgan fingerprint density at radius 2 is 1.85 bits per heavy atom. The Balaban J connectivity index is 1.48. The molecule has 1 heterocycles. The van der Waals surface area contributed by atoms with Crippen molar-refractivity contribution in [1.82, 2.24) is 10.2 Å². The molecule has 0 aromatic heterocycles. The number of amides is 1. The zero-order valence-electron chi connectivity index (χ0n) is 14.8. The zero-order valence-corrected chi connectivity index (χ0v) is 15.5. The van der Waals surface area contributed by atoms with Crippen LogP contribution in [0.4, 0.5) is 10.1 Å². The van der Waals surface area contributed by atoms with Crippen molar-refractivity contribution in [3.63, 3.8) is 0 Å². The minimum Gasteiger partial charge on any atom is -0.369 e. The van der Waals surface area contributed by atoms with Gasteiger partial charge in [-0.1, -0.05) is 23.7 Å². The Labute approximate surface area is 158 Å². The summed E-state index contributed by atoms with van der Waals surface area (Å²) in [6.07, 6.45) is 0. The summed E-state index contributed by atoms with van der Waals surface area (Å²) in [6.45, 7) is 5.62. The van der Waals surface area contributed by atoms with E-state index in [0.29, 0.717) is 6.54 Å². The summed E-state index contributed by atoms with van der Waals surface area (Å²) in [5.41, 5.74) is 1.91. The van der Waals surface area contributed by atoms with Crippen LogP contribution in [-0.4, -0.2) is 43.0 Å². The van der Waals surface area contributed by atoms with Gasteiger partial charge in [-0.15, -0.1) is 0 Å². The molecule has 2 aromatic carbocycles. The molecule has 0 unspecified atom stereocenters. The summed E-state index contributed by atoms with van der Waals surface area (Å²) < 4.78 is 13.2. The maximum absolute atomic E-state index is 13.2. The van der Waals surface area contributed by atoms with Gasteiger partial charge in [0.15, 0.2) is 0 Å². The van der Waals surface area contributed by atoms with Crippen LogP contribution in [0.2, 0.25) is 5.02 Å². The van der Waals surface area contributed by atoms with E-state index in [1.54, 1.807) is 12.1 Å². The lowest BCUT2D eigenvalue weighted by Gasteiger charge is -2.38. The van der Waals surface area contributed by atoms with Crippen molar-refractivity contribution in [2.45, 2.75) is 19.5 Å². The van der Waals surface area contributed by atoms with Crippen molar-refractivity contribution in [2.24, 2.45) is 0 Å². The molecule has 3 rings (SSSR count). The first-order valence-electron chi connectivity index (χ1n) is 8.79. The lowest BCUT2D eigenvalue weighted by molar-refractivity contribution is -0.126. The number of rotatable bonds is 5. The second-order valence-corrected chi connectivity index (χ2v) is 6.96. The van der Waals surface area contributed by atoms with E-state index in [1.807, 2.05) is 31.2 Å². The Kier molecular flexibility index (Phi) is 6.12. The third kappa shape index (κ3) is 4.74. The largest absolute Gasteiger partial charge is 0.369 e. The van der Waals surface area contributed by atoms with E-state index in [4.69, 9.17) is 11.6 Å². The minimum atomic E-state index is -0.289. The number of piperazine rings is 1. The van der Waals surface area contributed by atoms with Gasteiger partial charge in [-0.2, -0.15) is 0 Å². The van der Waals surface area contributed by atoms with Crippen LogP contribution >= 0.6 is 11.6 Å². The van der Waals surface area contributed by atoms with Crippen molar-refractivity contribution in [3.05, 3.63) is 64.9 Å². The summed E-state index contributed by atoms with van der Waals surface area (Å²) >= 11 is 5.94. The first kappa shape index (κ1) is 18.7. The maximum Gasteiger partial charge on any atom is 0.237 e. The standard InChI is InChI=1S/C20H23ClFN3O/c1-15(20(26)23-14-16-3-2-4-18(22)13-16)24-9-11-25(12-10-24)19-7-5-17(21)6-8-19/h2-8,13,15H,9-12,14H2,1H3,(H,23,26)/t15-/m1/s1. The monoisotopic (exact) mass is 375 g/mol. The van der Waals surface area contributed by atoms with Gasteiger partial charge in [-0.25, -0.2) is 4.39 Å². The number of carbonyl (C=O) groups is 1. The number of benzene rings is 2. The normalized spacial score (nSPS) is 16.3. The zero-order chi connectivity index (χ0) is 18.5. The van der Waals surface area contributed by atoms with Gasteiger partial charge >= 0.3 is 0 Å². The Morgan fingerprint density at radius 1 is 1.15 bits per heavy atom. The second-order valence-electron chi connectivity index (χ2n) is 6.52. The van der Waals surface area contributed by atoms with Gasteiger partial charge in [-0.3, -0.25) is 9.69 Å². The van der Waals surface area contributed by atoms with Crippen LogP contribution in [-0.2, 0) is 11.3 Å². The summed E-state index contributed by atoms with van der Waals surface area (Å²) in [5, 5.41) is 3.63. The highest BCUT2D eigenvalue weighted by Gasteiger charge is 2.25. The molecule has 1 atom stereocenters. The van der Waals surface area contributed by atoms with E-state index < -0.39 is 0 Å². The first-order chi connectivity index (χ1) is 12.5. The van der Waals surface area contributed by atoms with Gasteiger partial charge in [0, 0.05) is 43.4 Å². The van der Waals surface area contributed by atoms with Crippen LogP contribution in [0.1, 0.15) is 12.5 Å². The molecule has 0 radical (unpaired) electrons. The highest BCUT2D eigenvalue weighted by molar-refractivity contribution is 6.30. The second kappa shape index (κ2) is 8.52. The predicted octanol–water partition coefficient (Wildman–Crippen LogP) is 3.31. The third-order valence-electron chi connectivity index (χ3n) is 4.79. The van der Waals surface area contributed by atoms with E-state index in [-0.39, 0.29) is 17.8 Å². The van der Waals surface area contributed by atoms with E-state index in [9.17, 15) is 9.18 Å². The molecule has 1 saturated heterocycles. The molecule has 1 amide bonds. The van der Waals surface area contributed by atoms with Crippen molar-refractivity contribution in [1.29, 1.82) is 0 Å². The fourth-order valence-corrected chi connectivity index (χ4v) is 3.29. The Bertz CT molecular complexity index is 745. The quantitative estimate of drug-likeness (QED) is 0.870. The molecular formula is C20H23ClFN3O. The number of anilines is 1. The van der Waals surface area contributed by atoms with E-state index in [2.05, 4.69) is 15.1 Å². The summed E-state index contributed by atoms with van der Waals surface area (Å²) in [6, 6.07) is 13.9. The van der Waals surface area contributed by atoms with Crippen LogP contribution in [0.5, 0.6) is 0 Å². The van der Waals surface area contributed by atoms with E-state index in [1.165, 1.54) is 12.1 Å². The molecule has 26 heavy (non-hydrogen) atoms. The van der Waals surface area contributed by atoms with Gasteiger partial charge < -0.3 is 10.2 Å². The first-order valence-corrected chi connectivity index (χ1v) is 9.17. The Hall–Kier alpha value is -2.11. The molecule has 6 heteroatoms. The van der Waals surface area contributed by atoms with Crippen LogP contribution in [0.25, 0.3) is 0 Å². The van der Waals surface area contributed by atoms with Crippen LogP contribution in [0.3, 0.4) is 0 Å². The predicted molar refractivity (Wildman–Crippen MR) is 103 cm³/mol. The molecule has 0 saturated carbocycles. The van der Waals surface area contributed by atoms with Gasteiger partial charge in [0.1, 0.15) is 5.82 Å². The molecule has 0 aliphatic carbocycles. The molecule has 138 valence electrons. The lowest BCUT2D eigenvalue weighted by Crippen LogP contribution is -2.53. The summed E-state index contributed by atoms with van der Waals surface area (Å²) in [4.78, 5) is 16.9. The SMILES string of the molecule is C[C@H](C(=O)NCc1cccc(F)c1)N1CCN(c2ccc(Cl)cc2)CC1. The van der Waals surface area contributed by atoms with E-state index in [0.717, 1.165) is 42.5 Å². The van der Waals surface area contributed by atoms with Crippen LogP contribution < -0.4 is 10.2 Å². The highest BCUT2D eigenvalue weighted by Crippen LogP contribution is 2.20. The van der Waals surface area contributed by atoms with Crippen molar-refractivity contribution >= 4 is 23.2 Å². The van der Waals surface area contributed by atoms with Crippen LogP contribution in [0, 0.1) is 5.82 Å². The molecule has 1 aliphatic heterocycles. The molecule has 1 aliphatic rings. The van der Waals surface area contributed by atoms with Gasteiger partial charge in [0.05, 0.1) is 6.04 Å². The Morgan fingerprint density at radius 3 is 2.50 bits per heavy atom. The topological polar surface area (TPSA) is 35.6 Å². The molecule has 1 N–H and O–H groups in total. The third-order valence-corrected chi connectivity index (χ3v) is 5.04. The lowest BCUT2D eigenvalue weighted by atomic mass is 10.2. The maximum atomic E-state index is 13.2. The average molecular weight is 376 g/mol. The van der Waals surface area contributed by atoms with Gasteiger partial charge in [0.2, 0.25) is 5.91 Å². The van der Waals surface area contributed by atoms with Gasteiger partial charge in [-0.05, 0) is 48.9 Å². The number of halogens is 2. The molecule has 0 bridgehead atoms. The molecule has 2 aromatic rings. The highest BCUT2D eigenvalue weighted by atomic mass is 35.5. The molecular weight excluding hydrogens is 353 g/mol. The van der Waals surface area contributed by atoms with Gasteiger partial charge in [0.25, 0.3) is 0 Å². The molecule has 4 nitrogen and oxygen atoms in total. The number of hydrogen-bond donors (Lipinski definition) is 1. The van der Waals surface area contributed by atoms with Crippen molar-refractivity contribution in [2.75, 3.05) is 31.1 Å². The van der Waals surface area contributed by atoms with Crippen molar-refractivity contribution < 1.29 is 9.18 Å². The fourth-order valence-electron chi connectivity index (χ4n) is 3.17.